The Morgan fingerprint density at radius 2 is 1.65 bits per heavy atom. The second-order valence-electron chi connectivity index (χ2n) is 13.2. The minimum Gasteiger partial charge on any atom is -0.367 e. The number of hydrogen-bond donors (Lipinski definition) is 1. The second-order valence-corrected chi connectivity index (χ2v) is 13.2. The SMILES string of the molecule is C[C@@H]1CN(c2cc(F)c(C3CCN(C(=O)CC(C)(C)C)CC3)cc2NC(=O)C2C=NC(=O)C=C2C(F)(F)F)C[C@H](C)N1C. The van der Waals surface area contributed by atoms with Gasteiger partial charge in [0.2, 0.25) is 11.8 Å². The Morgan fingerprint density at radius 3 is 2.21 bits per heavy atom. The lowest BCUT2D eigenvalue weighted by atomic mass is 9.87. The van der Waals surface area contributed by atoms with Gasteiger partial charge >= 0.3 is 6.18 Å². The number of likely N-dealkylation sites (tertiary alicyclic amines) is 1. The highest BCUT2D eigenvalue weighted by Crippen LogP contribution is 2.39. The Morgan fingerprint density at radius 1 is 1.05 bits per heavy atom. The number of piperazine rings is 1. The first kappa shape index (κ1) is 32.6. The van der Waals surface area contributed by atoms with Crippen LogP contribution in [-0.2, 0) is 14.4 Å². The van der Waals surface area contributed by atoms with E-state index in [9.17, 15) is 27.6 Å². The van der Waals surface area contributed by atoms with Gasteiger partial charge in [0.15, 0.2) is 0 Å². The van der Waals surface area contributed by atoms with Crippen LogP contribution in [0.1, 0.15) is 65.4 Å². The van der Waals surface area contributed by atoms with Crippen LogP contribution in [0.3, 0.4) is 0 Å². The molecule has 0 aromatic heterocycles. The zero-order chi connectivity index (χ0) is 31.9. The summed E-state index contributed by atoms with van der Waals surface area (Å²) in [6.07, 6.45) is -2.44. The van der Waals surface area contributed by atoms with Crippen LogP contribution in [0, 0.1) is 17.2 Å². The van der Waals surface area contributed by atoms with E-state index < -0.39 is 35.3 Å². The number of hydrogen-bond acceptors (Lipinski definition) is 5. The van der Waals surface area contributed by atoms with E-state index in [-0.39, 0.29) is 35.0 Å². The highest BCUT2D eigenvalue weighted by molar-refractivity contribution is 6.11. The van der Waals surface area contributed by atoms with E-state index in [1.807, 2.05) is 46.6 Å². The zero-order valence-corrected chi connectivity index (χ0v) is 25.6. The van der Waals surface area contributed by atoms with Gasteiger partial charge in [-0.15, -0.1) is 0 Å². The molecular formula is C31H41F4N5O3. The number of piperidine rings is 1. The molecule has 1 aromatic rings. The Bertz CT molecular complexity index is 1300. The third-order valence-corrected chi connectivity index (χ3v) is 8.62. The van der Waals surface area contributed by atoms with Crippen molar-refractivity contribution in [2.24, 2.45) is 16.3 Å². The van der Waals surface area contributed by atoms with Crippen LogP contribution in [0.5, 0.6) is 0 Å². The first-order chi connectivity index (χ1) is 19.9. The van der Waals surface area contributed by atoms with E-state index in [1.54, 1.807) is 4.90 Å². The number of carbonyl (C=O) groups is 3. The van der Waals surface area contributed by atoms with Crippen molar-refractivity contribution in [1.29, 1.82) is 0 Å². The maximum atomic E-state index is 15.8. The van der Waals surface area contributed by atoms with Gasteiger partial charge in [0.05, 0.1) is 16.9 Å². The zero-order valence-electron chi connectivity index (χ0n) is 25.6. The van der Waals surface area contributed by atoms with Crippen molar-refractivity contribution in [1.82, 2.24) is 9.80 Å². The van der Waals surface area contributed by atoms with Gasteiger partial charge < -0.3 is 15.1 Å². The van der Waals surface area contributed by atoms with Crippen molar-refractivity contribution < 1.29 is 31.9 Å². The summed E-state index contributed by atoms with van der Waals surface area (Å²) >= 11 is 0. The van der Waals surface area contributed by atoms with E-state index in [0.717, 1.165) is 0 Å². The fourth-order valence-electron chi connectivity index (χ4n) is 6.03. The third kappa shape index (κ3) is 7.63. The first-order valence-electron chi connectivity index (χ1n) is 14.7. The number of rotatable bonds is 5. The average molecular weight is 608 g/mol. The number of nitrogens with one attached hydrogen (secondary N) is 1. The van der Waals surface area contributed by atoms with E-state index in [2.05, 4.69) is 15.2 Å². The lowest BCUT2D eigenvalue weighted by Gasteiger charge is -2.44. The van der Waals surface area contributed by atoms with Crippen LogP contribution < -0.4 is 10.2 Å². The Hall–Kier alpha value is -3.28. The molecular weight excluding hydrogens is 566 g/mol. The average Bonchev–Trinajstić information content (AvgIpc) is 2.90. The summed E-state index contributed by atoms with van der Waals surface area (Å²) < 4.78 is 57.1. The molecule has 3 aliphatic rings. The summed E-state index contributed by atoms with van der Waals surface area (Å²) in [6.45, 7) is 12.0. The number of anilines is 2. The number of likely N-dealkylation sites (N-methyl/N-ethyl adjacent to an activating group) is 1. The number of benzene rings is 1. The molecule has 43 heavy (non-hydrogen) atoms. The minimum atomic E-state index is -4.92. The van der Waals surface area contributed by atoms with Gasteiger partial charge in [0.25, 0.3) is 5.91 Å². The number of alkyl halides is 3. The fraction of sp³-hybridized carbons (Fsp3) is 0.613. The normalized spacial score (nSPS) is 24.3. The minimum absolute atomic E-state index is 0.0502. The highest BCUT2D eigenvalue weighted by Gasteiger charge is 2.43. The molecule has 0 radical (unpaired) electrons. The van der Waals surface area contributed by atoms with Crippen molar-refractivity contribution in [3.05, 3.63) is 35.2 Å². The van der Waals surface area contributed by atoms with Gasteiger partial charge in [0, 0.05) is 57.0 Å². The van der Waals surface area contributed by atoms with Gasteiger partial charge in [-0.05, 0) is 62.8 Å². The molecule has 2 saturated heterocycles. The fourth-order valence-corrected chi connectivity index (χ4v) is 6.03. The molecule has 2 fully saturated rings. The van der Waals surface area contributed by atoms with Crippen LogP contribution in [0.4, 0.5) is 28.9 Å². The molecule has 0 spiro atoms. The van der Waals surface area contributed by atoms with Crippen LogP contribution in [0.25, 0.3) is 0 Å². The molecule has 1 N–H and O–H groups in total. The topological polar surface area (TPSA) is 85.3 Å². The third-order valence-electron chi connectivity index (χ3n) is 8.62. The summed E-state index contributed by atoms with van der Waals surface area (Å²) in [5.41, 5.74) is -0.540. The van der Waals surface area contributed by atoms with Crippen molar-refractivity contribution >= 4 is 35.3 Å². The maximum absolute atomic E-state index is 15.8. The molecule has 3 heterocycles. The lowest BCUT2D eigenvalue weighted by Crippen LogP contribution is -2.55. The highest BCUT2D eigenvalue weighted by atomic mass is 19.4. The van der Waals surface area contributed by atoms with Crippen molar-refractivity contribution in [2.75, 3.05) is 43.4 Å². The van der Waals surface area contributed by atoms with Crippen molar-refractivity contribution in [3.63, 3.8) is 0 Å². The number of dihydropyridines is 1. The number of carbonyl (C=O) groups excluding carboxylic acids is 3. The number of nitrogens with zero attached hydrogens (tertiary/aromatic N) is 4. The largest absolute Gasteiger partial charge is 0.414 e. The molecule has 3 amide bonds. The summed E-state index contributed by atoms with van der Waals surface area (Å²) in [6, 6.07) is 3.07. The van der Waals surface area contributed by atoms with E-state index in [4.69, 9.17) is 0 Å². The molecule has 0 aliphatic carbocycles. The van der Waals surface area contributed by atoms with Gasteiger partial charge in [-0.25, -0.2) is 9.38 Å². The molecule has 12 heteroatoms. The molecule has 8 nitrogen and oxygen atoms in total. The molecule has 4 rings (SSSR count). The monoisotopic (exact) mass is 607 g/mol. The molecule has 3 aliphatic heterocycles. The number of aliphatic imine (C=N–C) groups is 1. The summed E-state index contributed by atoms with van der Waals surface area (Å²) in [7, 11) is 1.99. The van der Waals surface area contributed by atoms with Crippen molar-refractivity contribution in [2.45, 2.75) is 78.1 Å². The molecule has 0 saturated carbocycles. The quantitative estimate of drug-likeness (QED) is 0.468. The predicted molar refractivity (Wildman–Crippen MR) is 158 cm³/mol. The van der Waals surface area contributed by atoms with E-state index in [1.165, 1.54) is 12.1 Å². The standard InChI is InChI=1S/C31H41F4N5O3/c1-18-16-40(17-19(2)38(18)6)26-13-24(32)21(20-7-9-39(10-8-20)28(42)14-30(3,4)5)11-25(26)37-29(43)22-15-36-27(41)12-23(22)31(33,34)35/h11-13,15,18-20,22H,7-10,14,16-17H2,1-6H3,(H,37,43)/t18-,19+,22?. The Labute approximate surface area is 250 Å². The van der Waals surface area contributed by atoms with Gasteiger partial charge in [-0.1, -0.05) is 20.8 Å². The first-order valence-corrected chi connectivity index (χ1v) is 14.7. The lowest BCUT2D eigenvalue weighted by molar-refractivity contribution is -0.134. The maximum Gasteiger partial charge on any atom is 0.414 e. The van der Waals surface area contributed by atoms with Crippen molar-refractivity contribution in [3.8, 4) is 0 Å². The molecule has 236 valence electrons. The Balaban J connectivity index is 1.64. The summed E-state index contributed by atoms with van der Waals surface area (Å²) in [5, 5.41) is 2.63. The summed E-state index contributed by atoms with van der Waals surface area (Å²) in [5.74, 6) is -4.60. The summed E-state index contributed by atoms with van der Waals surface area (Å²) in [4.78, 5) is 47.0. The smallest absolute Gasteiger partial charge is 0.367 e. The molecule has 1 aromatic carbocycles. The predicted octanol–water partition coefficient (Wildman–Crippen LogP) is 5.15. The number of halogens is 4. The molecule has 0 bridgehead atoms. The molecule has 1 unspecified atom stereocenters. The van der Waals surface area contributed by atoms with Gasteiger partial charge in [-0.3, -0.25) is 19.3 Å². The van der Waals surface area contributed by atoms with Crippen LogP contribution in [0.2, 0.25) is 0 Å². The van der Waals surface area contributed by atoms with Gasteiger partial charge in [-0.2, -0.15) is 13.2 Å². The van der Waals surface area contributed by atoms with Crippen LogP contribution >= 0.6 is 0 Å². The van der Waals surface area contributed by atoms with E-state index in [0.29, 0.717) is 69.0 Å². The van der Waals surface area contributed by atoms with Crippen LogP contribution in [-0.4, -0.2) is 85.2 Å². The Kier molecular flexibility index (Phi) is 9.39. The van der Waals surface area contributed by atoms with Gasteiger partial charge in [0.1, 0.15) is 11.7 Å². The number of amides is 3. The molecule has 3 atom stereocenters. The van der Waals surface area contributed by atoms with E-state index >= 15 is 4.39 Å². The second kappa shape index (κ2) is 12.4. The van der Waals surface area contributed by atoms with Crippen LogP contribution in [0.15, 0.2) is 28.8 Å².